The Morgan fingerprint density at radius 2 is 2.25 bits per heavy atom. The Morgan fingerprint density at radius 1 is 1.44 bits per heavy atom. The molecule has 0 atom stereocenters. The van der Waals surface area contributed by atoms with Gasteiger partial charge < -0.3 is 4.74 Å². The fraction of sp³-hybridized carbons (Fsp3) is 0.182. The second kappa shape index (κ2) is 5.57. The van der Waals surface area contributed by atoms with Crippen molar-refractivity contribution in [2.45, 2.75) is 10.6 Å². The van der Waals surface area contributed by atoms with Crippen molar-refractivity contribution in [2.24, 2.45) is 0 Å². The van der Waals surface area contributed by atoms with E-state index in [2.05, 4.69) is 4.98 Å². The van der Waals surface area contributed by atoms with Gasteiger partial charge in [0, 0.05) is 21.7 Å². The molecule has 2 aromatic rings. The van der Waals surface area contributed by atoms with Crippen molar-refractivity contribution in [1.29, 1.82) is 0 Å². The predicted molar refractivity (Wildman–Crippen MR) is 69.7 cm³/mol. The van der Waals surface area contributed by atoms with Gasteiger partial charge in [0.2, 0.25) is 0 Å². The molecule has 16 heavy (non-hydrogen) atoms. The second-order valence-electron chi connectivity index (χ2n) is 3.02. The first-order valence-electron chi connectivity index (χ1n) is 4.65. The number of thioether (sulfide) groups is 1. The number of methoxy groups -OCH3 is 1. The van der Waals surface area contributed by atoms with E-state index in [1.54, 1.807) is 18.9 Å². The third-order valence-electron chi connectivity index (χ3n) is 1.96. The Kier molecular flexibility index (Phi) is 4.09. The van der Waals surface area contributed by atoms with Crippen LogP contribution in [0.25, 0.3) is 0 Å². The van der Waals surface area contributed by atoms with Crippen LogP contribution in [0.15, 0.2) is 35.4 Å². The zero-order valence-corrected chi connectivity index (χ0v) is 11.0. The maximum atomic E-state index is 5.77. The Labute approximate surface area is 108 Å². The number of para-hydroxylation sites is 1. The van der Waals surface area contributed by atoms with Gasteiger partial charge in [-0.05, 0) is 12.1 Å². The number of hydrogen-bond donors (Lipinski definition) is 0. The van der Waals surface area contributed by atoms with Crippen molar-refractivity contribution in [3.63, 3.8) is 0 Å². The molecule has 0 spiro atoms. The lowest BCUT2D eigenvalue weighted by atomic mass is 10.3. The van der Waals surface area contributed by atoms with Gasteiger partial charge in [0.1, 0.15) is 5.75 Å². The van der Waals surface area contributed by atoms with E-state index in [1.807, 2.05) is 30.5 Å². The highest BCUT2D eigenvalue weighted by Gasteiger charge is 2.04. The molecule has 0 N–H and O–H groups in total. The van der Waals surface area contributed by atoms with Gasteiger partial charge in [-0.1, -0.05) is 23.7 Å². The second-order valence-corrected chi connectivity index (χ2v) is 5.73. The van der Waals surface area contributed by atoms with Crippen LogP contribution >= 0.6 is 34.7 Å². The molecule has 84 valence electrons. The quantitative estimate of drug-likeness (QED) is 0.782. The molecule has 0 aliphatic carbocycles. The van der Waals surface area contributed by atoms with E-state index in [0.29, 0.717) is 4.47 Å². The normalized spacial score (nSPS) is 10.4. The SMILES string of the molecule is COc1ccccc1SCc1cnc(Cl)s1. The van der Waals surface area contributed by atoms with Crippen molar-refractivity contribution in [1.82, 2.24) is 4.98 Å². The molecule has 1 heterocycles. The van der Waals surface area contributed by atoms with Gasteiger partial charge in [-0.15, -0.1) is 23.1 Å². The average Bonchev–Trinajstić information content (AvgIpc) is 2.73. The van der Waals surface area contributed by atoms with Crippen LogP contribution in [-0.2, 0) is 5.75 Å². The summed E-state index contributed by atoms with van der Waals surface area (Å²) in [7, 11) is 1.68. The topological polar surface area (TPSA) is 22.1 Å². The molecule has 0 saturated carbocycles. The minimum atomic E-state index is 0.593. The molecule has 0 radical (unpaired) electrons. The van der Waals surface area contributed by atoms with Crippen LogP contribution in [0.2, 0.25) is 4.47 Å². The number of benzene rings is 1. The minimum Gasteiger partial charge on any atom is -0.496 e. The maximum absolute atomic E-state index is 5.77. The van der Waals surface area contributed by atoms with Crippen molar-refractivity contribution in [2.75, 3.05) is 7.11 Å². The molecular weight excluding hydrogens is 262 g/mol. The van der Waals surface area contributed by atoms with Gasteiger partial charge >= 0.3 is 0 Å². The molecule has 0 aliphatic rings. The van der Waals surface area contributed by atoms with Gasteiger partial charge in [-0.2, -0.15) is 0 Å². The van der Waals surface area contributed by atoms with Crippen molar-refractivity contribution < 1.29 is 4.74 Å². The van der Waals surface area contributed by atoms with Crippen molar-refractivity contribution >= 4 is 34.7 Å². The van der Waals surface area contributed by atoms with Crippen LogP contribution in [0.4, 0.5) is 0 Å². The molecule has 0 saturated heterocycles. The highest BCUT2D eigenvalue weighted by atomic mass is 35.5. The summed E-state index contributed by atoms with van der Waals surface area (Å²) in [6.07, 6.45) is 1.81. The summed E-state index contributed by atoms with van der Waals surface area (Å²) in [6.45, 7) is 0. The summed E-state index contributed by atoms with van der Waals surface area (Å²) >= 11 is 9.01. The van der Waals surface area contributed by atoms with Crippen molar-refractivity contribution in [3.8, 4) is 5.75 Å². The molecule has 1 aromatic heterocycles. The van der Waals surface area contributed by atoms with E-state index >= 15 is 0 Å². The lowest BCUT2D eigenvalue weighted by molar-refractivity contribution is 0.405. The van der Waals surface area contributed by atoms with E-state index in [9.17, 15) is 0 Å². The Bertz CT molecular complexity index is 473. The first-order valence-corrected chi connectivity index (χ1v) is 6.83. The third kappa shape index (κ3) is 2.90. The number of hydrogen-bond acceptors (Lipinski definition) is 4. The lowest BCUT2D eigenvalue weighted by Crippen LogP contribution is -1.85. The molecular formula is C11H10ClNOS2. The monoisotopic (exact) mass is 271 g/mol. The first-order chi connectivity index (χ1) is 7.79. The van der Waals surface area contributed by atoms with Gasteiger partial charge in [-0.25, -0.2) is 4.98 Å². The highest BCUT2D eigenvalue weighted by molar-refractivity contribution is 7.98. The molecule has 1 aromatic carbocycles. The van der Waals surface area contributed by atoms with Crippen molar-refractivity contribution in [3.05, 3.63) is 39.8 Å². The number of thiazole rings is 1. The van der Waals surface area contributed by atoms with Crippen LogP contribution in [-0.4, -0.2) is 12.1 Å². The average molecular weight is 272 g/mol. The number of nitrogens with zero attached hydrogens (tertiary/aromatic N) is 1. The van der Waals surface area contributed by atoms with E-state index in [1.165, 1.54) is 16.2 Å². The van der Waals surface area contributed by atoms with Crippen LogP contribution < -0.4 is 4.74 Å². The van der Waals surface area contributed by atoms with E-state index in [4.69, 9.17) is 16.3 Å². The zero-order chi connectivity index (χ0) is 11.4. The number of rotatable bonds is 4. The van der Waals surface area contributed by atoms with Crippen LogP contribution in [0, 0.1) is 0 Å². The summed E-state index contributed by atoms with van der Waals surface area (Å²) < 4.78 is 5.87. The van der Waals surface area contributed by atoms with Crippen LogP contribution in [0.1, 0.15) is 4.88 Å². The molecule has 0 unspecified atom stereocenters. The highest BCUT2D eigenvalue weighted by Crippen LogP contribution is 2.32. The third-order valence-corrected chi connectivity index (χ3v) is 4.37. The lowest BCUT2D eigenvalue weighted by Gasteiger charge is -2.06. The molecule has 0 bridgehead atoms. The summed E-state index contributed by atoms with van der Waals surface area (Å²) in [5.41, 5.74) is 0. The summed E-state index contributed by atoms with van der Waals surface area (Å²) in [5.74, 6) is 1.77. The number of aromatic nitrogens is 1. The van der Waals surface area contributed by atoms with Gasteiger partial charge in [-0.3, -0.25) is 0 Å². The Balaban J connectivity index is 2.04. The molecule has 0 fully saturated rings. The maximum Gasteiger partial charge on any atom is 0.183 e. The van der Waals surface area contributed by atoms with E-state index in [-0.39, 0.29) is 0 Å². The summed E-state index contributed by atoms with van der Waals surface area (Å²) in [4.78, 5) is 6.31. The first kappa shape index (κ1) is 11.8. The minimum absolute atomic E-state index is 0.593. The van der Waals surface area contributed by atoms with Gasteiger partial charge in [0.05, 0.1) is 7.11 Å². The molecule has 0 aliphatic heterocycles. The fourth-order valence-corrected chi connectivity index (χ4v) is 3.26. The standard InChI is InChI=1S/C11H10ClNOS2/c1-14-9-4-2-3-5-10(9)15-7-8-6-13-11(12)16-8/h2-6H,7H2,1H3. The predicted octanol–water partition coefficient (Wildman–Crippen LogP) is 4.10. The van der Waals surface area contributed by atoms with E-state index < -0.39 is 0 Å². The smallest absolute Gasteiger partial charge is 0.183 e. The fourth-order valence-electron chi connectivity index (χ4n) is 1.24. The molecule has 2 rings (SSSR count). The summed E-state index contributed by atoms with van der Waals surface area (Å²) in [6, 6.07) is 7.98. The molecule has 2 nitrogen and oxygen atoms in total. The van der Waals surface area contributed by atoms with Gasteiger partial charge in [0.25, 0.3) is 0 Å². The molecule has 0 amide bonds. The Hall–Kier alpha value is -0.710. The molecule has 5 heteroatoms. The van der Waals surface area contributed by atoms with E-state index in [0.717, 1.165) is 16.4 Å². The Morgan fingerprint density at radius 3 is 2.94 bits per heavy atom. The number of ether oxygens (including phenoxy) is 1. The summed E-state index contributed by atoms with van der Waals surface area (Å²) in [5, 5.41) is 0. The van der Waals surface area contributed by atoms with Gasteiger partial charge in [0.15, 0.2) is 4.47 Å². The van der Waals surface area contributed by atoms with Crippen LogP contribution in [0.3, 0.4) is 0 Å². The largest absolute Gasteiger partial charge is 0.496 e. The zero-order valence-electron chi connectivity index (χ0n) is 8.64. The van der Waals surface area contributed by atoms with Crippen LogP contribution in [0.5, 0.6) is 5.75 Å². The number of halogens is 1.